The molecule has 1 heterocycles. The van der Waals surface area contributed by atoms with Crippen LogP contribution in [-0.4, -0.2) is 11.5 Å². The SMILES string of the molecule is CCSCC.O=c1c2ccccc2oc2ccccc12. The lowest BCUT2D eigenvalue weighted by Gasteiger charge is -1.99. The third-order valence-electron chi connectivity index (χ3n) is 2.89. The van der Waals surface area contributed by atoms with Gasteiger partial charge in [-0.25, -0.2) is 0 Å². The van der Waals surface area contributed by atoms with Crippen LogP contribution in [0, 0.1) is 0 Å². The van der Waals surface area contributed by atoms with Crippen LogP contribution in [0.5, 0.6) is 0 Å². The van der Waals surface area contributed by atoms with Crippen LogP contribution >= 0.6 is 11.8 Å². The van der Waals surface area contributed by atoms with Gasteiger partial charge in [0.05, 0.1) is 10.8 Å². The molecule has 0 spiro atoms. The second-order valence-electron chi connectivity index (χ2n) is 4.20. The predicted molar refractivity (Wildman–Crippen MR) is 88.7 cm³/mol. The molecule has 0 aliphatic rings. The Morgan fingerprint density at radius 2 is 1.30 bits per heavy atom. The molecular formula is C17H18O2S. The van der Waals surface area contributed by atoms with Gasteiger partial charge in [0.25, 0.3) is 0 Å². The highest BCUT2D eigenvalue weighted by Gasteiger charge is 2.04. The first-order valence-corrected chi connectivity index (χ1v) is 7.91. The molecule has 0 bridgehead atoms. The van der Waals surface area contributed by atoms with Gasteiger partial charge in [0.15, 0.2) is 0 Å². The molecule has 0 aliphatic heterocycles. The molecule has 104 valence electrons. The number of hydrogen-bond donors (Lipinski definition) is 0. The Morgan fingerprint density at radius 3 is 1.70 bits per heavy atom. The molecule has 2 aromatic carbocycles. The molecule has 0 unspecified atom stereocenters. The van der Waals surface area contributed by atoms with E-state index in [0.717, 1.165) is 0 Å². The molecule has 1 aromatic heterocycles. The zero-order chi connectivity index (χ0) is 14.4. The number of fused-ring (bicyclic) bond motifs is 2. The van der Waals surface area contributed by atoms with Gasteiger partial charge in [-0.05, 0) is 35.8 Å². The minimum Gasteiger partial charge on any atom is -0.456 e. The van der Waals surface area contributed by atoms with E-state index in [2.05, 4.69) is 13.8 Å². The Bertz CT molecular complexity index is 687. The number of thioether (sulfide) groups is 1. The maximum atomic E-state index is 12.0. The quantitative estimate of drug-likeness (QED) is 0.639. The van der Waals surface area contributed by atoms with Crippen molar-refractivity contribution in [2.45, 2.75) is 13.8 Å². The van der Waals surface area contributed by atoms with Crippen molar-refractivity contribution in [1.29, 1.82) is 0 Å². The van der Waals surface area contributed by atoms with Gasteiger partial charge in [-0.2, -0.15) is 11.8 Å². The molecule has 0 fully saturated rings. The van der Waals surface area contributed by atoms with Crippen LogP contribution in [0.3, 0.4) is 0 Å². The second-order valence-corrected chi connectivity index (χ2v) is 5.77. The van der Waals surface area contributed by atoms with Crippen molar-refractivity contribution in [2.75, 3.05) is 11.5 Å². The molecule has 0 aliphatic carbocycles. The van der Waals surface area contributed by atoms with E-state index in [1.807, 2.05) is 48.2 Å². The Labute approximate surface area is 122 Å². The van der Waals surface area contributed by atoms with Crippen molar-refractivity contribution in [3.8, 4) is 0 Å². The summed E-state index contributed by atoms with van der Waals surface area (Å²) in [5.74, 6) is 2.52. The first kappa shape index (κ1) is 14.7. The van der Waals surface area contributed by atoms with Crippen LogP contribution in [-0.2, 0) is 0 Å². The Morgan fingerprint density at radius 1 is 0.850 bits per heavy atom. The standard InChI is InChI=1S/C13H8O2.C4H10S/c14-13-9-5-1-3-7-11(9)15-12-8-4-2-6-10(12)13;1-3-5-4-2/h1-8H;3-4H2,1-2H3. The van der Waals surface area contributed by atoms with Gasteiger partial charge in [-0.3, -0.25) is 4.79 Å². The number of hydrogen-bond acceptors (Lipinski definition) is 3. The monoisotopic (exact) mass is 286 g/mol. The third kappa shape index (κ3) is 3.23. The normalized spacial score (nSPS) is 10.3. The Hall–Kier alpha value is -1.74. The maximum Gasteiger partial charge on any atom is 0.200 e. The molecule has 2 nitrogen and oxygen atoms in total. The van der Waals surface area contributed by atoms with Crippen molar-refractivity contribution in [3.63, 3.8) is 0 Å². The molecule has 0 radical (unpaired) electrons. The summed E-state index contributed by atoms with van der Waals surface area (Å²) in [4.78, 5) is 12.0. The smallest absolute Gasteiger partial charge is 0.200 e. The summed E-state index contributed by atoms with van der Waals surface area (Å²) in [6.07, 6.45) is 0. The molecule has 0 saturated carbocycles. The lowest BCUT2D eigenvalue weighted by molar-refractivity contribution is 0.660. The van der Waals surface area contributed by atoms with E-state index in [4.69, 9.17) is 4.42 Å². The van der Waals surface area contributed by atoms with E-state index in [1.165, 1.54) is 11.5 Å². The summed E-state index contributed by atoms with van der Waals surface area (Å²) in [7, 11) is 0. The molecule has 0 amide bonds. The molecule has 0 atom stereocenters. The topological polar surface area (TPSA) is 30.2 Å². The molecule has 20 heavy (non-hydrogen) atoms. The Kier molecular flexibility index (Phi) is 5.24. The third-order valence-corrected chi connectivity index (χ3v) is 3.71. The molecule has 0 saturated heterocycles. The van der Waals surface area contributed by atoms with Crippen LogP contribution < -0.4 is 5.43 Å². The minimum absolute atomic E-state index is 0.0347. The van der Waals surface area contributed by atoms with Gasteiger partial charge in [0.1, 0.15) is 11.2 Å². The highest BCUT2D eigenvalue weighted by atomic mass is 32.2. The highest BCUT2D eigenvalue weighted by Crippen LogP contribution is 2.17. The average molecular weight is 286 g/mol. The lowest BCUT2D eigenvalue weighted by Crippen LogP contribution is -2.01. The van der Waals surface area contributed by atoms with Crippen LogP contribution in [0.25, 0.3) is 21.9 Å². The van der Waals surface area contributed by atoms with E-state index in [9.17, 15) is 4.79 Å². The average Bonchev–Trinajstić information content (AvgIpc) is 2.49. The summed E-state index contributed by atoms with van der Waals surface area (Å²) >= 11 is 1.96. The van der Waals surface area contributed by atoms with Gasteiger partial charge in [0, 0.05) is 0 Å². The summed E-state index contributed by atoms with van der Waals surface area (Å²) in [6, 6.07) is 14.6. The first-order valence-electron chi connectivity index (χ1n) is 6.76. The summed E-state index contributed by atoms with van der Waals surface area (Å²) < 4.78 is 5.63. The summed E-state index contributed by atoms with van der Waals surface area (Å²) in [6.45, 7) is 4.35. The van der Waals surface area contributed by atoms with Gasteiger partial charge in [0.2, 0.25) is 5.43 Å². The highest BCUT2D eigenvalue weighted by molar-refractivity contribution is 7.99. The van der Waals surface area contributed by atoms with Crippen molar-refractivity contribution in [1.82, 2.24) is 0 Å². The van der Waals surface area contributed by atoms with E-state index in [0.29, 0.717) is 21.9 Å². The van der Waals surface area contributed by atoms with Crippen molar-refractivity contribution >= 4 is 33.7 Å². The second kappa shape index (κ2) is 7.15. The van der Waals surface area contributed by atoms with Crippen molar-refractivity contribution in [3.05, 3.63) is 58.8 Å². The van der Waals surface area contributed by atoms with Crippen LogP contribution in [0.2, 0.25) is 0 Å². The van der Waals surface area contributed by atoms with Gasteiger partial charge in [-0.1, -0.05) is 38.1 Å². The van der Waals surface area contributed by atoms with Crippen LogP contribution in [0.4, 0.5) is 0 Å². The molecule has 3 aromatic rings. The largest absolute Gasteiger partial charge is 0.456 e. The fourth-order valence-electron chi connectivity index (χ4n) is 1.95. The fourth-order valence-corrected chi connectivity index (χ4v) is 2.36. The summed E-state index contributed by atoms with van der Waals surface area (Å²) in [5.41, 5.74) is 1.31. The molecule has 3 heteroatoms. The van der Waals surface area contributed by atoms with Crippen LogP contribution in [0.1, 0.15) is 13.8 Å². The Balaban J connectivity index is 0.000000257. The zero-order valence-electron chi connectivity index (χ0n) is 11.8. The summed E-state index contributed by atoms with van der Waals surface area (Å²) in [5, 5.41) is 1.27. The van der Waals surface area contributed by atoms with Gasteiger partial charge in [-0.15, -0.1) is 0 Å². The minimum atomic E-state index is 0.0347. The fraction of sp³-hybridized carbons (Fsp3) is 0.235. The molecular weight excluding hydrogens is 268 g/mol. The number of benzene rings is 2. The van der Waals surface area contributed by atoms with Crippen molar-refractivity contribution in [2.24, 2.45) is 0 Å². The number of rotatable bonds is 2. The van der Waals surface area contributed by atoms with Gasteiger partial charge < -0.3 is 4.42 Å². The van der Waals surface area contributed by atoms with E-state index in [-0.39, 0.29) is 5.43 Å². The maximum absolute atomic E-state index is 12.0. The van der Waals surface area contributed by atoms with Crippen molar-refractivity contribution < 1.29 is 4.42 Å². The van der Waals surface area contributed by atoms with E-state index < -0.39 is 0 Å². The predicted octanol–water partition coefficient (Wildman–Crippen LogP) is 4.71. The zero-order valence-corrected chi connectivity index (χ0v) is 12.6. The van der Waals surface area contributed by atoms with E-state index in [1.54, 1.807) is 12.1 Å². The molecule has 0 N–H and O–H groups in total. The van der Waals surface area contributed by atoms with Gasteiger partial charge >= 0.3 is 0 Å². The number of para-hydroxylation sites is 2. The van der Waals surface area contributed by atoms with E-state index >= 15 is 0 Å². The lowest BCUT2D eigenvalue weighted by atomic mass is 10.1. The first-order chi connectivity index (χ1) is 9.77. The molecule has 3 rings (SSSR count). The van der Waals surface area contributed by atoms with Crippen LogP contribution in [0.15, 0.2) is 57.7 Å².